The van der Waals surface area contributed by atoms with E-state index in [0.29, 0.717) is 23.0 Å². The van der Waals surface area contributed by atoms with Crippen LogP contribution in [0.2, 0.25) is 0 Å². The highest BCUT2D eigenvalue weighted by molar-refractivity contribution is 7.92. The second-order valence-electron chi connectivity index (χ2n) is 5.87. The van der Waals surface area contributed by atoms with Crippen molar-refractivity contribution in [1.82, 2.24) is 9.97 Å². The van der Waals surface area contributed by atoms with Gasteiger partial charge in [0.1, 0.15) is 5.75 Å². The Bertz CT molecular complexity index is 1050. The number of aromatic nitrogens is 2. The zero-order chi connectivity index (χ0) is 19.4. The van der Waals surface area contributed by atoms with Crippen LogP contribution in [-0.4, -0.2) is 38.8 Å². The number of nitrogens with one attached hydrogen (secondary N) is 1. The van der Waals surface area contributed by atoms with Crippen molar-refractivity contribution in [3.8, 4) is 17.0 Å². The van der Waals surface area contributed by atoms with Gasteiger partial charge in [0.2, 0.25) is 16.0 Å². The zero-order valence-corrected chi connectivity index (χ0v) is 16.1. The van der Waals surface area contributed by atoms with Gasteiger partial charge in [-0.05, 0) is 36.4 Å². The predicted molar refractivity (Wildman–Crippen MR) is 107 cm³/mol. The average molecular weight is 384 g/mol. The van der Waals surface area contributed by atoms with Crippen molar-refractivity contribution < 1.29 is 13.2 Å². The van der Waals surface area contributed by atoms with Gasteiger partial charge >= 0.3 is 0 Å². The molecule has 0 aliphatic rings. The first-order valence-corrected chi connectivity index (χ1v) is 10.0. The van der Waals surface area contributed by atoms with E-state index in [1.807, 2.05) is 30.3 Å². The van der Waals surface area contributed by atoms with Crippen LogP contribution in [0.1, 0.15) is 0 Å². The van der Waals surface area contributed by atoms with Crippen LogP contribution in [-0.2, 0) is 10.0 Å². The lowest BCUT2D eigenvalue weighted by Crippen LogP contribution is -2.24. The Morgan fingerprint density at radius 1 is 1.07 bits per heavy atom. The van der Waals surface area contributed by atoms with Crippen LogP contribution in [0.25, 0.3) is 11.3 Å². The molecule has 0 aliphatic carbocycles. The number of sulfonamides is 1. The van der Waals surface area contributed by atoms with Gasteiger partial charge in [-0.15, -0.1) is 0 Å². The molecule has 1 heterocycles. The van der Waals surface area contributed by atoms with Crippen LogP contribution in [0, 0.1) is 0 Å². The summed E-state index contributed by atoms with van der Waals surface area (Å²) in [7, 11) is -0.214. The molecule has 1 aromatic heterocycles. The van der Waals surface area contributed by atoms with Crippen LogP contribution in [0.5, 0.6) is 5.75 Å². The Morgan fingerprint density at radius 3 is 2.59 bits per heavy atom. The Kier molecular flexibility index (Phi) is 5.27. The fraction of sp³-hybridized carbons (Fsp3) is 0.158. The molecule has 0 spiro atoms. The summed E-state index contributed by atoms with van der Waals surface area (Å²) in [5, 5.41) is 3.11. The fourth-order valence-corrected chi connectivity index (χ4v) is 3.02. The molecule has 2 aromatic carbocycles. The summed E-state index contributed by atoms with van der Waals surface area (Å²) in [4.78, 5) is 8.78. The van der Waals surface area contributed by atoms with Crippen molar-refractivity contribution in [2.75, 3.05) is 30.0 Å². The summed E-state index contributed by atoms with van der Waals surface area (Å²) in [6.07, 6.45) is 2.82. The highest BCUT2D eigenvalue weighted by Gasteiger charge is 2.13. The van der Waals surface area contributed by atoms with Gasteiger partial charge < -0.3 is 10.1 Å². The average Bonchev–Trinajstić information content (AvgIpc) is 2.67. The Morgan fingerprint density at radius 2 is 1.85 bits per heavy atom. The lowest BCUT2D eigenvalue weighted by molar-refractivity contribution is 0.416. The number of methoxy groups -OCH3 is 1. The highest BCUT2D eigenvalue weighted by atomic mass is 32.2. The summed E-state index contributed by atoms with van der Waals surface area (Å²) >= 11 is 0. The first-order valence-electron chi connectivity index (χ1n) is 8.16. The molecule has 3 rings (SSSR count). The number of ether oxygens (including phenoxy) is 1. The maximum absolute atomic E-state index is 11.7. The first kappa shape index (κ1) is 18.7. The van der Waals surface area contributed by atoms with Crippen molar-refractivity contribution in [3.05, 3.63) is 60.8 Å². The van der Waals surface area contributed by atoms with Crippen LogP contribution in [0.15, 0.2) is 60.8 Å². The largest absolute Gasteiger partial charge is 0.496 e. The van der Waals surface area contributed by atoms with Crippen LogP contribution < -0.4 is 14.4 Å². The number of hydrogen-bond acceptors (Lipinski definition) is 6. The van der Waals surface area contributed by atoms with Crippen molar-refractivity contribution in [1.29, 1.82) is 0 Å². The Labute approximate surface area is 158 Å². The van der Waals surface area contributed by atoms with Crippen LogP contribution in [0.4, 0.5) is 17.3 Å². The Hall–Kier alpha value is -3.13. The molecule has 0 amide bonds. The van der Waals surface area contributed by atoms with E-state index in [1.54, 1.807) is 37.6 Å². The quantitative estimate of drug-likeness (QED) is 0.702. The number of para-hydroxylation sites is 1. The molecule has 0 radical (unpaired) electrons. The minimum absolute atomic E-state index is 0.401. The second kappa shape index (κ2) is 7.63. The summed E-state index contributed by atoms with van der Waals surface area (Å²) in [5.74, 6) is 1.12. The first-order chi connectivity index (χ1) is 12.9. The van der Waals surface area contributed by atoms with Gasteiger partial charge in [0.05, 0.1) is 24.7 Å². The highest BCUT2D eigenvalue weighted by Crippen LogP contribution is 2.29. The molecule has 0 unspecified atom stereocenters. The smallest absolute Gasteiger partial charge is 0.231 e. The summed E-state index contributed by atoms with van der Waals surface area (Å²) in [6.45, 7) is 0. The van der Waals surface area contributed by atoms with E-state index in [0.717, 1.165) is 17.6 Å². The molecule has 7 nitrogen and oxygen atoms in total. The normalized spacial score (nSPS) is 11.1. The topological polar surface area (TPSA) is 84.4 Å². The monoisotopic (exact) mass is 384 g/mol. The number of hydrogen-bond donors (Lipinski definition) is 1. The van der Waals surface area contributed by atoms with Crippen molar-refractivity contribution in [3.63, 3.8) is 0 Å². The lowest BCUT2D eigenvalue weighted by Gasteiger charge is -2.17. The van der Waals surface area contributed by atoms with Crippen LogP contribution >= 0.6 is 0 Å². The Balaban J connectivity index is 1.89. The molecule has 0 fully saturated rings. The van der Waals surface area contributed by atoms with Crippen molar-refractivity contribution in [2.45, 2.75) is 0 Å². The van der Waals surface area contributed by atoms with Gasteiger partial charge in [-0.3, -0.25) is 4.31 Å². The second-order valence-corrected chi connectivity index (χ2v) is 7.89. The molecule has 1 N–H and O–H groups in total. The van der Waals surface area contributed by atoms with E-state index in [2.05, 4.69) is 15.3 Å². The van der Waals surface area contributed by atoms with Gasteiger partial charge in [0.25, 0.3) is 0 Å². The molecule has 3 aromatic rings. The number of nitrogens with zero attached hydrogens (tertiary/aromatic N) is 3. The minimum atomic E-state index is -3.34. The van der Waals surface area contributed by atoms with E-state index >= 15 is 0 Å². The molecule has 0 atom stereocenters. The minimum Gasteiger partial charge on any atom is -0.496 e. The molecular formula is C19H20N4O3S. The summed E-state index contributed by atoms with van der Waals surface area (Å²) in [5.41, 5.74) is 2.80. The number of benzene rings is 2. The van der Waals surface area contributed by atoms with E-state index in [4.69, 9.17) is 4.74 Å². The SMILES string of the molecule is COc1ccccc1-c1ccnc(Nc2cccc(N(C)S(C)(=O)=O)c2)n1. The van der Waals surface area contributed by atoms with E-state index in [1.165, 1.54) is 11.4 Å². The third-order valence-corrected chi connectivity index (χ3v) is 5.21. The number of rotatable bonds is 6. The molecule has 0 bridgehead atoms. The molecule has 0 saturated heterocycles. The van der Waals surface area contributed by atoms with Gasteiger partial charge in [-0.1, -0.05) is 18.2 Å². The molecule has 0 aliphatic heterocycles. The van der Waals surface area contributed by atoms with Gasteiger partial charge in [-0.25, -0.2) is 18.4 Å². The molecule has 140 valence electrons. The maximum atomic E-state index is 11.7. The molecule has 8 heteroatoms. The van der Waals surface area contributed by atoms with Crippen LogP contribution in [0.3, 0.4) is 0 Å². The fourth-order valence-electron chi connectivity index (χ4n) is 2.53. The summed E-state index contributed by atoms with van der Waals surface area (Å²) < 4.78 is 30.1. The van der Waals surface area contributed by atoms with Crippen molar-refractivity contribution >= 4 is 27.3 Å². The molecule has 0 saturated carbocycles. The zero-order valence-electron chi connectivity index (χ0n) is 15.2. The summed E-state index contributed by atoms with van der Waals surface area (Å²) in [6, 6.07) is 16.4. The van der Waals surface area contributed by atoms with Gasteiger partial charge in [-0.2, -0.15) is 0 Å². The van der Waals surface area contributed by atoms with E-state index in [-0.39, 0.29) is 0 Å². The van der Waals surface area contributed by atoms with Gasteiger partial charge in [0.15, 0.2) is 0 Å². The molecular weight excluding hydrogens is 364 g/mol. The molecule has 27 heavy (non-hydrogen) atoms. The van der Waals surface area contributed by atoms with Crippen molar-refractivity contribution in [2.24, 2.45) is 0 Å². The third-order valence-electron chi connectivity index (χ3n) is 4.00. The van der Waals surface area contributed by atoms with E-state index in [9.17, 15) is 8.42 Å². The maximum Gasteiger partial charge on any atom is 0.231 e. The standard InChI is InChI=1S/C19H20N4O3S/c1-23(27(3,24)25)15-8-6-7-14(13-15)21-19-20-12-11-17(22-19)16-9-4-5-10-18(16)26-2/h4-13H,1-3H3,(H,20,21,22). The number of anilines is 3. The third kappa shape index (κ3) is 4.35. The van der Waals surface area contributed by atoms with Gasteiger partial charge in [0, 0.05) is 24.5 Å². The lowest BCUT2D eigenvalue weighted by atomic mass is 10.1. The predicted octanol–water partition coefficient (Wildman–Crippen LogP) is 3.29. The van der Waals surface area contributed by atoms with E-state index < -0.39 is 10.0 Å².